The van der Waals surface area contributed by atoms with Crippen molar-refractivity contribution < 1.29 is 13.9 Å². The minimum Gasteiger partial charge on any atom is -0.372 e. The van der Waals surface area contributed by atoms with Crippen molar-refractivity contribution in [2.24, 2.45) is 0 Å². The van der Waals surface area contributed by atoms with E-state index in [1.807, 2.05) is 4.98 Å². The molecule has 0 radical (unpaired) electrons. The second kappa shape index (κ2) is 3.26. The molecule has 0 aliphatic carbocycles. The van der Waals surface area contributed by atoms with E-state index in [4.69, 9.17) is 9.47 Å². The highest BCUT2D eigenvalue weighted by Crippen LogP contribution is 2.35. The molecule has 7 heteroatoms. The van der Waals surface area contributed by atoms with Crippen LogP contribution in [0.4, 0.5) is 4.39 Å². The molecule has 16 heavy (non-hydrogen) atoms. The summed E-state index contributed by atoms with van der Waals surface area (Å²) in [4.78, 5) is 24.2. The first-order valence-electron chi connectivity index (χ1n) is 4.93. The fourth-order valence-electron chi connectivity index (χ4n) is 1.97. The summed E-state index contributed by atoms with van der Waals surface area (Å²) in [5, 5.41) is 0. The predicted octanol–water partition coefficient (Wildman–Crippen LogP) is -0.638. The number of hydrogen-bond acceptors (Lipinski definition) is 4. The normalized spacial score (nSPS) is 32.2. The van der Waals surface area contributed by atoms with E-state index in [1.165, 1.54) is 0 Å². The van der Waals surface area contributed by atoms with E-state index in [1.54, 1.807) is 0 Å². The molecule has 2 saturated heterocycles. The summed E-state index contributed by atoms with van der Waals surface area (Å²) in [7, 11) is 0. The summed E-state index contributed by atoms with van der Waals surface area (Å²) < 4.78 is 24.8. The highest BCUT2D eigenvalue weighted by Gasteiger charge is 2.44. The molecule has 2 aliphatic heterocycles. The van der Waals surface area contributed by atoms with Crippen LogP contribution in [-0.4, -0.2) is 28.4 Å². The molecule has 1 N–H and O–H groups in total. The largest absolute Gasteiger partial charge is 0.372 e. The van der Waals surface area contributed by atoms with Crippen LogP contribution in [0.25, 0.3) is 0 Å². The quantitative estimate of drug-likeness (QED) is 0.694. The first kappa shape index (κ1) is 9.73. The Morgan fingerprint density at radius 3 is 2.81 bits per heavy atom. The Labute approximate surface area is 88.6 Å². The molecule has 0 unspecified atom stereocenters. The van der Waals surface area contributed by atoms with Crippen molar-refractivity contribution in [2.45, 2.75) is 24.9 Å². The van der Waals surface area contributed by atoms with E-state index in [0.717, 1.165) is 10.8 Å². The van der Waals surface area contributed by atoms with Gasteiger partial charge < -0.3 is 9.47 Å². The van der Waals surface area contributed by atoms with Gasteiger partial charge in [-0.25, -0.2) is 4.79 Å². The molecule has 2 fully saturated rings. The van der Waals surface area contributed by atoms with E-state index in [9.17, 15) is 14.0 Å². The average Bonchev–Trinajstić information content (AvgIpc) is 2.49. The highest BCUT2D eigenvalue weighted by molar-refractivity contribution is 4.93. The zero-order valence-electron chi connectivity index (χ0n) is 8.18. The molecule has 86 valence electrons. The van der Waals surface area contributed by atoms with Gasteiger partial charge >= 0.3 is 5.69 Å². The molecule has 0 amide bonds. The molecule has 2 aliphatic rings. The molecule has 3 heterocycles. The molecular formula is C9H9FN2O4. The Bertz CT molecular complexity index is 525. The van der Waals surface area contributed by atoms with Gasteiger partial charge in [0.1, 0.15) is 12.3 Å². The summed E-state index contributed by atoms with van der Waals surface area (Å²) in [5.74, 6) is -0.997. The zero-order valence-corrected chi connectivity index (χ0v) is 8.18. The molecule has 0 saturated carbocycles. The minimum absolute atomic E-state index is 0.0214. The van der Waals surface area contributed by atoms with Gasteiger partial charge in [0.15, 0.2) is 0 Å². The number of aromatic nitrogens is 2. The highest BCUT2D eigenvalue weighted by atomic mass is 19.1. The summed E-state index contributed by atoms with van der Waals surface area (Å²) in [5.41, 5.74) is -1.68. The van der Waals surface area contributed by atoms with Crippen LogP contribution in [0.5, 0.6) is 0 Å². The van der Waals surface area contributed by atoms with Gasteiger partial charge in [0.2, 0.25) is 5.82 Å². The molecule has 1 aromatic rings. The van der Waals surface area contributed by atoms with Crippen molar-refractivity contribution in [3.63, 3.8) is 0 Å². The second-order valence-corrected chi connectivity index (χ2v) is 3.88. The van der Waals surface area contributed by atoms with Crippen LogP contribution in [0.3, 0.4) is 0 Å². The molecular weight excluding hydrogens is 219 g/mol. The Morgan fingerprint density at radius 1 is 1.44 bits per heavy atom. The fraction of sp³-hybridized carbons (Fsp3) is 0.556. The van der Waals surface area contributed by atoms with E-state index >= 15 is 0 Å². The average molecular weight is 228 g/mol. The molecule has 3 rings (SSSR count). The van der Waals surface area contributed by atoms with Crippen molar-refractivity contribution in [1.82, 2.24) is 9.55 Å². The summed E-state index contributed by atoms with van der Waals surface area (Å²) in [6.07, 6.45) is 0.766. The Kier molecular flexibility index (Phi) is 1.98. The van der Waals surface area contributed by atoms with Gasteiger partial charge in [0.05, 0.1) is 18.9 Å². The topological polar surface area (TPSA) is 73.3 Å². The van der Waals surface area contributed by atoms with Gasteiger partial charge in [0.25, 0.3) is 5.56 Å². The third-order valence-electron chi connectivity index (χ3n) is 2.89. The number of nitrogens with zero attached hydrogens (tertiary/aromatic N) is 1. The number of ether oxygens (including phenoxy) is 2. The molecule has 0 spiro atoms. The Hall–Kier alpha value is -1.47. The van der Waals surface area contributed by atoms with Gasteiger partial charge in [0, 0.05) is 6.42 Å². The summed E-state index contributed by atoms with van der Waals surface area (Å²) >= 11 is 0. The van der Waals surface area contributed by atoms with Gasteiger partial charge in [-0.2, -0.15) is 4.39 Å². The lowest BCUT2D eigenvalue weighted by Gasteiger charge is -2.28. The maximum absolute atomic E-state index is 13.0. The Morgan fingerprint density at radius 2 is 2.25 bits per heavy atom. The van der Waals surface area contributed by atoms with Crippen LogP contribution in [-0.2, 0) is 9.47 Å². The first-order chi connectivity index (χ1) is 7.65. The van der Waals surface area contributed by atoms with Crippen molar-refractivity contribution >= 4 is 0 Å². The predicted molar refractivity (Wildman–Crippen MR) is 49.5 cm³/mol. The van der Waals surface area contributed by atoms with Crippen LogP contribution in [0.2, 0.25) is 0 Å². The zero-order chi connectivity index (χ0) is 11.3. The van der Waals surface area contributed by atoms with E-state index in [0.29, 0.717) is 13.0 Å². The molecule has 0 aromatic carbocycles. The maximum Gasteiger partial charge on any atom is 0.330 e. The number of aromatic amines is 1. The standard InChI is InChI=1S/C9H9FN2O4/c10-4-2-12(9(14)11-8(4)13)7-1-5-6(16-7)3-15-5/h2,5-7H,1,3H2,(H,11,13,14)/t5-,6-,7-/m1/s1. The second-order valence-electron chi connectivity index (χ2n) is 3.88. The Balaban J connectivity index is 1.97. The molecule has 0 bridgehead atoms. The first-order valence-corrected chi connectivity index (χ1v) is 4.93. The maximum atomic E-state index is 13.0. The van der Waals surface area contributed by atoms with Crippen LogP contribution in [0.15, 0.2) is 15.8 Å². The van der Waals surface area contributed by atoms with Gasteiger partial charge in [-0.3, -0.25) is 14.3 Å². The number of rotatable bonds is 1. The van der Waals surface area contributed by atoms with E-state index < -0.39 is 23.3 Å². The van der Waals surface area contributed by atoms with Crippen molar-refractivity contribution in [1.29, 1.82) is 0 Å². The lowest BCUT2D eigenvalue weighted by molar-refractivity contribution is -0.149. The lowest BCUT2D eigenvalue weighted by Crippen LogP contribution is -2.40. The smallest absolute Gasteiger partial charge is 0.330 e. The van der Waals surface area contributed by atoms with Crippen LogP contribution in [0.1, 0.15) is 12.6 Å². The van der Waals surface area contributed by atoms with Crippen LogP contribution < -0.4 is 11.2 Å². The number of H-pyrrole nitrogens is 1. The van der Waals surface area contributed by atoms with Crippen molar-refractivity contribution in [3.8, 4) is 0 Å². The summed E-state index contributed by atoms with van der Waals surface area (Å²) in [6, 6.07) is 0. The van der Waals surface area contributed by atoms with Gasteiger partial charge in [-0.05, 0) is 0 Å². The number of fused-ring (bicyclic) bond motifs is 1. The van der Waals surface area contributed by atoms with E-state index in [2.05, 4.69) is 0 Å². The van der Waals surface area contributed by atoms with Crippen LogP contribution in [0, 0.1) is 5.82 Å². The minimum atomic E-state index is -1.02. The fourth-order valence-corrected chi connectivity index (χ4v) is 1.97. The molecule has 6 nitrogen and oxygen atoms in total. The lowest BCUT2D eigenvalue weighted by atomic mass is 10.1. The SMILES string of the molecule is O=c1[nH]c(=O)n([C@H]2C[C@H]3OC[C@H]3O2)cc1F. The summed E-state index contributed by atoms with van der Waals surface area (Å²) in [6.45, 7) is 0.502. The van der Waals surface area contributed by atoms with Gasteiger partial charge in [-0.1, -0.05) is 0 Å². The third-order valence-corrected chi connectivity index (χ3v) is 2.89. The van der Waals surface area contributed by atoms with Crippen LogP contribution >= 0.6 is 0 Å². The van der Waals surface area contributed by atoms with Crippen molar-refractivity contribution in [2.75, 3.05) is 6.61 Å². The molecule has 1 aromatic heterocycles. The number of halogens is 1. The number of hydrogen-bond donors (Lipinski definition) is 1. The number of nitrogens with one attached hydrogen (secondary N) is 1. The van der Waals surface area contributed by atoms with Crippen molar-refractivity contribution in [3.05, 3.63) is 32.9 Å². The van der Waals surface area contributed by atoms with Gasteiger partial charge in [-0.15, -0.1) is 0 Å². The monoisotopic (exact) mass is 228 g/mol. The molecule has 3 atom stereocenters. The third kappa shape index (κ3) is 1.32. The van der Waals surface area contributed by atoms with E-state index in [-0.39, 0.29) is 12.2 Å².